The van der Waals surface area contributed by atoms with Gasteiger partial charge in [-0.25, -0.2) is 0 Å². The lowest BCUT2D eigenvalue weighted by molar-refractivity contribution is 0.390. The molecule has 104 valence electrons. The fourth-order valence-corrected chi connectivity index (χ4v) is 2.48. The maximum Gasteiger partial charge on any atom is 0.138 e. The summed E-state index contributed by atoms with van der Waals surface area (Å²) in [5.74, 6) is 0.827. The highest BCUT2D eigenvalue weighted by Crippen LogP contribution is 2.23. The molecule has 0 radical (unpaired) electrons. The zero-order chi connectivity index (χ0) is 14.7. The number of halogens is 1. The van der Waals surface area contributed by atoms with Crippen LogP contribution in [0.25, 0.3) is 0 Å². The minimum absolute atomic E-state index is 0.118. The number of nitrogens with one attached hydrogen (secondary N) is 1. The van der Waals surface area contributed by atoms with Gasteiger partial charge in [-0.15, -0.1) is 0 Å². The summed E-state index contributed by atoms with van der Waals surface area (Å²) in [6.07, 6.45) is 0. The van der Waals surface area contributed by atoms with Gasteiger partial charge >= 0.3 is 0 Å². The zero-order valence-electron chi connectivity index (χ0n) is 11.7. The van der Waals surface area contributed by atoms with E-state index in [4.69, 9.17) is 21.4 Å². The van der Waals surface area contributed by atoms with E-state index in [0.29, 0.717) is 17.1 Å². The fraction of sp³-hybridized carbons (Fsp3) is 0.333. The van der Waals surface area contributed by atoms with Gasteiger partial charge in [-0.3, -0.25) is 0 Å². The Morgan fingerprint density at radius 1 is 1.45 bits per heavy atom. The average Bonchev–Trinajstić information content (AvgIpc) is 2.76. The topological polar surface area (TPSA) is 61.9 Å². The van der Waals surface area contributed by atoms with Crippen LogP contribution in [0.15, 0.2) is 22.7 Å². The van der Waals surface area contributed by atoms with Crippen molar-refractivity contribution in [1.82, 2.24) is 10.5 Å². The van der Waals surface area contributed by atoms with Crippen LogP contribution in [0.2, 0.25) is 5.02 Å². The molecule has 5 heteroatoms. The molecule has 0 saturated heterocycles. The molecule has 0 aliphatic rings. The minimum Gasteiger partial charge on any atom is -0.361 e. The van der Waals surface area contributed by atoms with Crippen LogP contribution in [0.3, 0.4) is 0 Å². The first-order valence-electron chi connectivity index (χ1n) is 6.37. The number of aromatic nitrogens is 1. The molecule has 1 N–H and O–H groups in total. The smallest absolute Gasteiger partial charge is 0.138 e. The van der Waals surface area contributed by atoms with Gasteiger partial charge in [0.15, 0.2) is 0 Å². The molecule has 0 spiro atoms. The Hall–Kier alpha value is -1.83. The summed E-state index contributed by atoms with van der Waals surface area (Å²) in [7, 11) is 0. The molecule has 0 bridgehead atoms. The fourth-order valence-electron chi connectivity index (χ4n) is 2.23. The van der Waals surface area contributed by atoms with Crippen LogP contribution in [-0.2, 0) is 6.54 Å². The molecule has 0 aliphatic carbocycles. The van der Waals surface area contributed by atoms with Gasteiger partial charge in [0, 0.05) is 23.2 Å². The first-order chi connectivity index (χ1) is 9.52. The van der Waals surface area contributed by atoms with E-state index in [1.54, 1.807) is 12.1 Å². The van der Waals surface area contributed by atoms with Crippen LogP contribution in [0.4, 0.5) is 0 Å². The second-order valence-electron chi connectivity index (χ2n) is 4.76. The van der Waals surface area contributed by atoms with Gasteiger partial charge < -0.3 is 9.84 Å². The average molecular weight is 290 g/mol. The van der Waals surface area contributed by atoms with Crippen molar-refractivity contribution >= 4 is 11.6 Å². The van der Waals surface area contributed by atoms with Crippen molar-refractivity contribution in [3.05, 3.63) is 51.4 Å². The van der Waals surface area contributed by atoms with Gasteiger partial charge in [0.2, 0.25) is 0 Å². The lowest BCUT2D eigenvalue weighted by Crippen LogP contribution is -2.19. The van der Waals surface area contributed by atoms with Crippen LogP contribution < -0.4 is 5.32 Å². The Morgan fingerprint density at radius 2 is 2.20 bits per heavy atom. The second kappa shape index (κ2) is 6.08. The van der Waals surface area contributed by atoms with Crippen molar-refractivity contribution in [1.29, 1.82) is 5.26 Å². The molecule has 1 aromatic carbocycles. The predicted octanol–water partition coefficient (Wildman–Crippen LogP) is 3.67. The first kappa shape index (κ1) is 14.6. The van der Waals surface area contributed by atoms with Crippen molar-refractivity contribution in [2.45, 2.75) is 33.4 Å². The van der Waals surface area contributed by atoms with Crippen LogP contribution in [-0.4, -0.2) is 5.16 Å². The summed E-state index contributed by atoms with van der Waals surface area (Å²) in [6, 6.07) is 7.51. The third-order valence-corrected chi connectivity index (χ3v) is 3.65. The standard InChI is InChI=1S/C15H16ClN3O/c1-9(15-10(2)19-20-11(15)3)18-8-13-5-4-12(7-17)6-14(13)16/h4-6,9,18H,8H2,1-3H3. The number of rotatable bonds is 4. The van der Waals surface area contributed by atoms with E-state index < -0.39 is 0 Å². The van der Waals surface area contributed by atoms with E-state index in [1.165, 1.54) is 0 Å². The van der Waals surface area contributed by atoms with Gasteiger partial charge in [0.05, 0.1) is 17.3 Å². The van der Waals surface area contributed by atoms with E-state index in [1.807, 2.05) is 19.9 Å². The van der Waals surface area contributed by atoms with Crippen LogP contribution >= 0.6 is 11.6 Å². The molecular formula is C15H16ClN3O. The molecule has 1 unspecified atom stereocenters. The van der Waals surface area contributed by atoms with Gasteiger partial charge in [-0.1, -0.05) is 22.8 Å². The van der Waals surface area contributed by atoms with Gasteiger partial charge in [0.1, 0.15) is 5.76 Å². The van der Waals surface area contributed by atoms with Crippen molar-refractivity contribution < 1.29 is 4.52 Å². The summed E-state index contributed by atoms with van der Waals surface area (Å²) in [5.41, 5.74) is 3.50. The monoisotopic (exact) mass is 289 g/mol. The molecule has 4 nitrogen and oxygen atoms in total. The summed E-state index contributed by atoms with van der Waals surface area (Å²) < 4.78 is 5.17. The lowest BCUT2D eigenvalue weighted by Gasteiger charge is -2.14. The quantitative estimate of drug-likeness (QED) is 0.933. The summed E-state index contributed by atoms with van der Waals surface area (Å²) in [4.78, 5) is 0. The molecule has 1 heterocycles. The number of aryl methyl sites for hydroxylation is 2. The van der Waals surface area contributed by atoms with Crippen LogP contribution in [0, 0.1) is 25.2 Å². The highest BCUT2D eigenvalue weighted by atomic mass is 35.5. The molecule has 0 aliphatic heterocycles. The zero-order valence-corrected chi connectivity index (χ0v) is 12.5. The third-order valence-electron chi connectivity index (χ3n) is 3.30. The molecule has 0 saturated carbocycles. The third kappa shape index (κ3) is 3.01. The van der Waals surface area contributed by atoms with Crippen molar-refractivity contribution in [3.63, 3.8) is 0 Å². The maximum absolute atomic E-state index is 8.82. The van der Waals surface area contributed by atoms with Gasteiger partial charge in [-0.2, -0.15) is 5.26 Å². The number of benzene rings is 1. The maximum atomic E-state index is 8.82. The van der Waals surface area contributed by atoms with E-state index >= 15 is 0 Å². The highest BCUT2D eigenvalue weighted by molar-refractivity contribution is 6.31. The highest BCUT2D eigenvalue weighted by Gasteiger charge is 2.16. The SMILES string of the molecule is Cc1noc(C)c1C(C)NCc1ccc(C#N)cc1Cl. The molecule has 0 amide bonds. The second-order valence-corrected chi connectivity index (χ2v) is 5.17. The normalized spacial score (nSPS) is 12.2. The number of nitriles is 1. The molecule has 2 aromatic rings. The Bertz CT molecular complexity index is 638. The molecular weight excluding hydrogens is 274 g/mol. The van der Waals surface area contributed by atoms with E-state index in [-0.39, 0.29) is 6.04 Å². The lowest BCUT2D eigenvalue weighted by atomic mass is 10.1. The largest absolute Gasteiger partial charge is 0.361 e. The predicted molar refractivity (Wildman–Crippen MR) is 77.4 cm³/mol. The number of hydrogen-bond donors (Lipinski definition) is 1. The Morgan fingerprint density at radius 3 is 2.75 bits per heavy atom. The first-order valence-corrected chi connectivity index (χ1v) is 6.75. The Labute approximate surface area is 123 Å². The van der Waals surface area contributed by atoms with Crippen molar-refractivity contribution in [2.75, 3.05) is 0 Å². The molecule has 20 heavy (non-hydrogen) atoms. The summed E-state index contributed by atoms with van der Waals surface area (Å²) in [6.45, 7) is 6.51. The van der Waals surface area contributed by atoms with Gasteiger partial charge in [0.25, 0.3) is 0 Å². The Kier molecular flexibility index (Phi) is 4.43. The molecule has 1 aromatic heterocycles. The van der Waals surface area contributed by atoms with Crippen LogP contribution in [0.5, 0.6) is 0 Å². The minimum atomic E-state index is 0.118. The van der Waals surface area contributed by atoms with Gasteiger partial charge in [-0.05, 0) is 38.5 Å². The van der Waals surface area contributed by atoms with E-state index in [2.05, 4.69) is 23.5 Å². The summed E-state index contributed by atoms with van der Waals surface area (Å²) in [5, 5.41) is 16.8. The number of nitrogens with zero attached hydrogens (tertiary/aromatic N) is 2. The van der Waals surface area contributed by atoms with Crippen molar-refractivity contribution in [2.24, 2.45) is 0 Å². The van der Waals surface area contributed by atoms with Crippen molar-refractivity contribution in [3.8, 4) is 6.07 Å². The molecule has 2 rings (SSSR count). The van der Waals surface area contributed by atoms with Crippen LogP contribution in [0.1, 0.15) is 41.1 Å². The Balaban J connectivity index is 2.08. The molecule has 0 fully saturated rings. The molecule has 1 atom stereocenters. The summed E-state index contributed by atoms with van der Waals surface area (Å²) >= 11 is 6.16. The van der Waals surface area contributed by atoms with E-state index in [0.717, 1.165) is 22.6 Å². The van der Waals surface area contributed by atoms with E-state index in [9.17, 15) is 0 Å². The number of hydrogen-bond acceptors (Lipinski definition) is 4.